The maximum absolute atomic E-state index is 10.8. The minimum absolute atomic E-state index is 0.0104. The molecule has 2 aromatic rings. The van der Waals surface area contributed by atoms with Gasteiger partial charge in [0.25, 0.3) is 5.69 Å². The lowest BCUT2D eigenvalue weighted by molar-refractivity contribution is -0.384. The Morgan fingerprint density at radius 3 is 2.79 bits per heavy atom. The van der Waals surface area contributed by atoms with Gasteiger partial charge in [-0.05, 0) is 29.0 Å². The Kier molecular flexibility index (Phi) is 3.93. The first-order chi connectivity index (χ1) is 9.02. The fourth-order valence-corrected chi connectivity index (χ4v) is 2.26. The number of nitrogen functional groups attached to an aromatic ring is 1. The third kappa shape index (κ3) is 2.80. The van der Waals surface area contributed by atoms with Crippen LogP contribution in [0.1, 0.15) is 12.6 Å². The first-order valence-electron chi connectivity index (χ1n) is 5.59. The van der Waals surface area contributed by atoms with Gasteiger partial charge in [-0.15, -0.1) is 0 Å². The summed E-state index contributed by atoms with van der Waals surface area (Å²) in [5.74, 6) is 0.812. The predicted octanol–water partition coefficient (Wildman–Crippen LogP) is 2.80. The Balaban J connectivity index is 2.56. The molecule has 7 heteroatoms. The lowest BCUT2D eigenvalue weighted by Gasteiger charge is -2.07. The molecule has 0 unspecified atom stereocenters. The van der Waals surface area contributed by atoms with Crippen LogP contribution in [0.4, 0.5) is 11.5 Å². The number of aryl methyl sites for hydroxylation is 1. The number of halogens is 1. The first kappa shape index (κ1) is 13.7. The van der Waals surface area contributed by atoms with Gasteiger partial charge in [0, 0.05) is 17.7 Å². The highest BCUT2D eigenvalue weighted by atomic mass is 127. The number of benzene rings is 1. The molecule has 0 radical (unpaired) electrons. The van der Waals surface area contributed by atoms with Crippen LogP contribution in [0.5, 0.6) is 0 Å². The molecular weight excluding hydrogens is 359 g/mol. The largest absolute Gasteiger partial charge is 0.383 e. The lowest BCUT2D eigenvalue weighted by atomic mass is 10.2. The maximum atomic E-state index is 10.8. The molecule has 0 aliphatic heterocycles. The number of nitrogens with zero attached hydrogens (tertiary/aromatic N) is 3. The van der Waals surface area contributed by atoms with Crippen LogP contribution < -0.4 is 5.73 Å². The Hall–Kier alpha value is -1.77. The predicted molar refractivity (Wildman–Crippen MR) is 80.6 cm³/mol. The number of nitro benzene ring substituents is 1. The summed E-state index contributed by atoms with van der Waals surface area (Å²) in [7, 11) is 0. The van der Waals surface area contributed by atoms with Crippen LogP contribution in [0.3, 0.4) is 0 Å². The molecule has 6 nitrogen and oxygen atoms in total. The minimum Gasteiger partial charge on any atom is -0.383 e. The van der Waals surface area contributed by atoms with E-state index in [0.29, 0.717) is 17.2 Å². The van der Waals surface area contributed by atoms with Gasteiger partial charge < -0.3 is 5.73 Å². The van der Waals surface area contributed by atoms with Crippen LogP contribution in [0.15, 0.2) is 24.3 Å². The van der Waals surface area contributed by atoms with Crippen molar-refractivity contribution in [1.29, 1.82) is 0 Å². The van der Waals surface area contributed by atoms with Crippen LogP contribution in [-0.4, -0.2) is 14.9 Å². The summed E-state index contributed by atoms with van der Waals surface area (Å²) in [6.07, 6.45) is 0.729. The number of nitrogens with two attached hydrogens (primary N) is 1. The van der Waals surface area contributed by atoms with Crippen LogP contribution in [0, 0.1) is 13.7 Å². The van der Waals surface area contributed by atoms with E-state index in [1.807, 2.05) is 6.92 Å². The van der Waals surface area contributed by atoms with E-state index >= 15 is 0 Å². The maximum Gasteiger partial charge on any atom is 0.270 e. The quantitative estimate of drug-likeness (QED) is 0.509. The van der Waals surface area contributed by atoms with E-state index in [0.717, 1.165) is 15.7 Å². The zero-order chi connectivity index (χ0) is 14.0. The fraction of sp³-hybridized carbons (Fsp3) is 0.167. The van der Waals surface area contributed by atoms with Crippen LogP contribution in [0.25, 0.3) is 11.4 Å². The summed E-state index contributed by atoms with van der Waals surface area (Å²) in [4.78, 5) is 18.9. The van der Waals surface area contributed by atoms with Gasteiger partial charge in [0.15, 0.2) is 5.82 Å². The van der Waals surface area contributed by atoms with E-state index in [9.17, 15) is 10.1 Å². The highest BCUT2D eigenvalue weighted by molar-refractivity contribution is 14.1. The molecule has 0 aliphatic rings. The van der Waals surface area contributed by atoms with E-state index in [1.165, 1.54) is 12.1 Å². The molecule has 1 aromatic carbocycles. The van der Waals surface area contributed by atoms with Crippen molar-refractivity contribution in [1.82, 2.24) is 9.97 Å². The zero-order valence-corrected chi connectivity index (χ0v) is 12.3. The summed E-state index contributed by atoms with van der Waals surface area (Å²) in [5.41, 5.74) is 7.28. The smallest absolute Gasteiger partial charge is 0.270 e. The number of nitro groups is 1. The Morgan fingerprint density at radius 2 is 2.16 bits per heavy atom. The second-order valence-electron chi connectivity index (χ2n) is 3.85. The summed E-state index contributed by atoms with van der Waals surface area (Å²) in [6.45, 7) is 1.97. The zero-order valence-electron chi connectivity index (χ0n) is 10.1. The van der Waals surface area contributed by atoms with Gasteiger partial charge in [0.05, 0.1) is 14.2 Å². The molecule has 0 spiro atoms. The van der Waals surface area contributed by atoms with E-state index in [1.54, 1.807) is 12.1 Å². The fourth-order valence-electron chi connectivity index (χ4n) is 1.63. The van der Waals surface area contributed by atoms with Gasteiger partial charge in [-0.2, -0.15) is 0 Å². The molecule has 2 N–H and O–H groups in total. The molecule has 19 heavy (non-hydrogen) atoms. The third-order valence-electron chi connectivity index (χ3n) is 2.60. The molecular formula is C12H11IN4O2. The molecule has 0 atom stereocenters. The Bertz CT molecular complexity index is 646. The normalized spacial score (nSPS) is 10.4. The molecule has 1 aromatic heterocycles. The van der Waals surface area contributed by atoms with Crippen molar-refractivity contribution in [2.45, 2.75) is 13.3 Å². The number of anilines is 1. The summed E-state index contributed by atoms with van der Waals surface area (Å²) < 4.78 is 0.828. The monoisotopic (exact) mass is 370 g/mol. The van der Waals surface area contributed by atoms with Gasteiger partial charge in [0.2, 0.25) is 0 Å². The van der Waals surface area contributed by atoms with Gasteiger partial charge in [-0.3, -0.25) is 10.1 Å². The minimum atomic E-state index is -0.444. The van der Waals surface area contributed by atoms with Gasteiger partial charge in [-0.25, -0.2) is 9.97 Å². The molecule has 98 valence electrons. The van der Waals surface area contributed by atoms with Crippen LogP contribution in [0.2, 0.25) is 0 Å². The third-order valence-corrected chi connectivity index (χ3v) is 3.77. The number of hydrogen-bond acceptors (Lipinski definition) is 5. The first-order valence-corrected chi connectivity index (χ1v) is 6.67. The van der Waals surface area contributed by atoms with Crippen molar-refractivity contribution in [3.8, 4) is 11.4 Å². The molecule has 0 saturated carbocycles. The SMILES string of the molecule is CCc1nc(-c2cccc([N+](=O)[O-])c2)nc(N)c1I. The standard InChI is InChI=1S/C12H11IN4O2/c1-2-9-10(13)11(14)16-12(15-9)7-4-3-5-8(6-7)17(18)19/h3-6H,2H2,1H3,(H2,14,15,16). The second kappa shape index (κ2) is 5.47. The number of rotatable bonds is 3. The average molecular weight is 370 g/mol. The topological polar surface area (TPSA) is 94.9 Å². The van der Waals surface area contributed by atoms with E-state index in [-0.39, 0.29) is 5.69 Å². The van der Waals surface area contributed by atoms with Gasteiger partial charge in [0.1, 0.15) is 5.82 Å². The van der Waals surface area contributed by atoms with Crippen molar-refractivity contribution < 1.29 is 4.92 Å². The van der Waals surface area contributed by atoms with Crippen molar-refractivity contribution in [3.05, 3.63) is 43.6 Å². The van der Waals surface area contributed by atoms with E-state index in [4.69, 9.17) is 5.73 Å². The lowest BCUT2D eigenvalue weighted by Crippen LogP contribution is -2.04. The van der Waals surface area contributed by atoms with E-state index < -0.39 is 4.92 Å². The molecule has 0 saturated heterocycles. The van der Waals surface area contributed by atoms with Crippen molar-refractivity contribution >= 4 is 34.1 Å². The molecule has 2 rings (SSSR count). The molecule has 0 aliphatic carbocycles. The number of aromatic nitrogens is 2. The highest BCUT2D eigenvalue weighted by Gasteiger charge is 2.13. The molecule has 0 fully saturated rings. The van der Waals surface area contributed by atoms with E-state index in [2.05, 4.69) is 32.6 Å². The van der Waals surface area contributed by atoms with Crippen molar-refractivity contribution in [3.63, 3.8) is 0 Å². The van der Waals surface area contributed by atoms with Gasteiger partial charge in [-0.1, -0.05) is 19.1 Å². The Morgan fingerprint density at radius 1 is 1.42 bits per heavy atom. The summed E-state index contributed by atoms with van der Waals surface area (Å²) >= 11 is 2.10. The molecule has 0 bridgehead atoms. The van der Waals surface area contributed by atoms with Crippen molar-refractivity contribution in [2.24, 2.45) is 0 Å². The van der Waals surface area contributed by atoms with Gasteiger partial charge >= 0.3 is 0 Å². The van der Waals surface area contributed by atoms with Crippen LogP contribution in [-0.2, 0) is 6.42 Å². The number of hydrogen-bond donors (Lipinski definition) is 1. The number of non-ortho nitro benzene ring substituents is 1. The highest BCUT2D eigenvalue weighted by Crippen LogP contribution is 2.25. The summed E-state index contributed by atoms with van der Waals surface area (Å²) in [6, 6.07) is 6.21. The second-order valence-corrected chi connectivity index (χ2v) is 4.93. The van der Waals surface area contributed by atoms with Crippen molar-refractivity contribution in [2.75, 3.05) is 5.73 Å². The molecule has 1 heterocycles. The molecule has 0 amide bonds. The summed E-state index contributed by atoms with van der Waals surface area (Å²) in [5, 5.41) is 10.8. The van der Waals surface area contributed by atoms with Crippen LogP contribution >= 0.6 is 22.6 Å². The average Bonchev–Trinajstić information content (AvgIpc) is 2.41. The Labute approximate surface area is 123 Å².